The largest absolute Gasteiger partial charge is 0.462 e. The fourth-order valence-corrected chi connectivity index (χ4v) is 7.55. The van der Waals surface area contributed by atoms with Gasteiger partial charge in [-0.05, 0) is 51.4 Å². The topological polar surface area (TPSA) is 78.9 Å². The van der Waals surface area contributed by atoms with E-state index in [4.69, 9.17) is 14.2 Å². The van der Waals surface area contributed by atoms with E-state index in [1.807, 2.05) is 6.08 Å². The van der Waals surface area contributed by atoms with Gasteiger partial charge in [0.25, 0.3) is 0 Å². The number of rotatable bonds is 48. The fraction of sp³-hybridized carbons (Fsp3) is 0.772. The number of carbonyl (C=O) groups is 3. The molecule has 0 heterocycles. The van der Waals surface area contributed by atoms with Crippen LogP contribution in [0.1, 0.15) is 265 Å². The van der Waals surface area contributed by atoms with E-state index < -0.39 is 6.10 Å². The lowest BCUT2D eigenvalue weighted by Crippen LogP contribution is -2.30. The molecule has 0 saturated carbocycles. The molecular formula is C57H100O6. The van der Waals surface area contributed by atoms with Crippen molar-refractivity contribution in [1.82, 2.24) is 0 Å². The zero-order valence-electron chi connectivity index (χ0n) is 41.6. The maximum absolute atomic E-state index is 12.8. The Labute approximate surface area is 390 Å². The van der Waals surface area contributed by atoms with Crippen LogP contribution in [0.4, 0.5) is 0 Å². The van der Waals surface area contributed by atoms with E-state index in [2.05, 4.69) is 75.5 Å². The van der Waals surface area contributed by atoms with Crippen molar-refractivity contribution in [1.29, 1.82) is 0 Å². The number of ether oxygens (including phenoxy) is 3. The Bertz CT molecular complexity index is 1150. The highest BCUT2D eigenvalue weighted by molar-refractivity contribution is 5.71. The van der Waals surface area contributed by atoms with Crippen molar-refractivity contribution < 1.29 is 28.6 Å². The quantitative estimate of drug-likeness (QED) is 0.0262. The summed E-state index contributed by atoms with van der Waals surface area (Å²) in [5.74, 6) is -0.970. The fourth-order valence-electron chi connectivity index (χ4n) is 7.55. The number of unbranched alkanes of at least 4 members (excludes halogenated alkanes) is 27. The van der Waals surface area contributed by atoms with Crippen molar-refractivity contribution in [3.63, 3.8) is 0 Å². The van der Waals surface area contributed by atoms with Crippen molar-refractivity contribution in [3.8, 4) is 0 Å². The van der Waals surface area contributed by atoms with Crippen LogP contribution in [0.3, 0.4) is 0 Å². The van der Waals surface area contributed by atoms with Crippen LogP contribution < -0.4 is 0 Å². The van der Waals surface area contributed by atoms with Gasteiger partial charge in [0.1, 0.15) is 13.2 Å². The lowest BCUT2D eigenvalue weighted by atomic mass is 10.0. The van der Waals surface area contributed by atoms with Crippen molar-refractivity contribution in [2.24, 2.45) is 0 Å². The van der Waals surface area contributed by atoms with Gasteiger partial charge in [0.15, 0.2) is 6.10 Å². The molecule has 0 amide bonds. The number of esters is 3. The molecule has 0 aliphatic rings. The summed E-state index contributed by atoms with van der Waals surface area (Å²) in [6, 6.07) is 0. The number of carbonyl (C=O) groups excluding carboxylic acids is 3. The summed E-state index contributed by atoms with van der Waals surface area (Å²) < 4.78 is 16.8. The lowest BCUT2D eigenvalue weighted by Gasteiger charge is -2.18. The molecule has 0 aromatic carbocycles. The van der Waals surface area contributed by atoms with Crippen LogP contribution >= 0.6 is 0 Å². The van der Waals surface area contributed by atoms with Gasteiger partial charge >= 0.3 is 17.9 Å². The molecule has 6 nitrogen and oxygen atoms in total. The minimum atomic E-state index is -0.799. The first-order chi connectivity index (χ1) is 31.0. The number of hydrogen-bond donors (Lipinski definition) is 0. The second-order valence-electron chi connectivity index (χ2n) is 17.8. The van der Waals surface area contributed by atoms with Crippen molar-refractivity contribution in [2.75, 3.05) is 13.2 Å². The van der Waals surface area contributed by atoms with Crippen LogP contribution in [0.15, 0.2) is 60.8 Å². The summed E-state index contributed by atoms with van der Waals surface area (Å²) in [6.45, 7) is 6.48. The second kappa shape index (κ2) is 51.7. The standard InChI is InChI=1S/C57H100O6/c1-4-7-10-13-16-19-22-25-28-30-32-35-38-41-44-47-50-56(59)62-53-54(52-61-55(58)49-46-43-40-37-34-31-27-24-21-18-15-12-9-6-3)63-57(60)51-48-45-42-39-36-33-29-26-23-20-17-14-11-8-5-2/h7,10,16,19,25,28,32,35,41,44,54H,4-6,8-9,11-15,17-18,20-24,26-27,29-31,33-34,36-40,42-43,45-53H2,1-3H3/b10-7-,19-16-,28-25-,35-32-,44-41-. The summed E-state index contributed by atoms with van der Waals surface area (Å²) >= 11 is 0. The third-order valence-electron chi connectivity index (χ3n) is 11.6. The summed E-state index contributed by atoms with van der Waals surface area (Å²) in [6.07, 6.45) is 63.6. The van der Waals surface area contributed by atoms with Crippen LogP contribution in [-0.2, 0) is 28.6 Å². The summed E-state index contributed by atoms with van der Waals surface area (Å²) in [7, 11) is 0. The number of allylic oxidation sites excluding steroid dienone is 10. The SMILES string of the molecule is CC/C=C\C/C=C\C/C=C\C/C=C\C/C=C\CCC(=O)OCC(COC(=O)CCCCCCCCCCCCCCCC)OC(=O)CCCCCCCCCCCCCCCCC. The molecular weight excluding hydrogens is 781 g/mol. The van der Waals surface area contributed by atoms with Crippen LogP contribution in [-0.4, -0.2) is 37.2 Å². The molecule has 0 spiro atoms. The third-order valence-corrected chi connectivity index (χ3v) is 11.6. The predicted molar refractivity (Wildman–Crippen MR) is 270 cm³/mol. The highest BCUT2D eigenvalue weighted by Gasteiger charge is 2.19. The molecule has 0 radical (unpaired) electrons. The lowest BCUT2D eigenvalue weighted by molar-refractivity contribution is -0.166. The maximum Gasteiger partial charge on any atom is 0.306 e. The van der Waals surface area contributed by atoms with Crippen LogP contribution in [0.25, 0.3) is 0 Å². The Kier molecular flexibility index (Phi) is 49.4. The summed E-state index contributed by atoms with van der Waals surface area (Å²) in [4.78, 5) is 38.0. The van der Waals surface area contributed by atoms with Gasteiger partial charge in [-0.2, -0.15) is 0 Å². The van der Waals surface area contributed by atoms with Gasteiger partial charge in [0.05, 0.1) is 0 Å². The Morgan fingerprint density at radius 1 is 0.333 bits per heavy atom. The molecule has 0 bridgehead atoms. The number of hydrogen-bond acceptors (Lipinski definition) is 6. The molecule has 0 aliphatic heterocycles. The van der Waals surface area contributed by atoms with E-state index in [1.54, 1.807) is 0 Å². The first kappa shape index (κ1) is 60.1. The molecule has 1 unspecified atom stereocenters. The molecule has 63 heavy (non-hydrogen) atoms. The summed E-state index contributed by atoms with van der Waals surface area (Å²) in [5.41, 5.74) is 0. The zero-order valence-corrected chi connectivity index (χ0v) is 41.6. The Balaban J connectivity index is 4.45. The van der Waals surface area contributed by atoms with Gasteiger partial charge in [-0.3, -0.25) is 14.4 Å². The van der Waals surface area contributed by atoms with Crippen molar-refractivity contribution in [3.05, 3.63) is 60.8 Å². The summed E-state index contributed by atoms with van der Waals surface area (Å²) in [5, 5.41) is 0. The smallest absolute Gasteiger partial charge is 0.306 e. The van der Waals surface area contributed by atoms with Gasteiger partial charge in [-0.1, -0.05) is 255 Å². The third kappa shape index (κ3) is 50.0. The van der Waals surface area contributed by atoms with E-state index in [1.165, 1.54) is 148 Å². The zero-order chi connectivity index (χ0) is 45.8. The van der Waals surface area contributed by atoms with E-state index in [9.17, 15) is 14.4 Å². The molecule has 0 aliphatic carbocycles. The predicted octanol–water partition coefficient (Wildman–Crippen LogP) is 17.6. The highest BCUT2D eigenvalue weighted by atomic mass is 16.6. The molecule has 364 valence electrons. The van der Waals surface area contributed by atoms with Crippen LogP contribution in [0.5, 0.6) is 0 Å². The van der Waals surface area contributed by atoms with E-state index in [-0.39, 0.29) is 37.5 Å². The molecule has 0 rings (SSSR count). The van der Waals surface area contributed by atoms with E-state index in [0.717, 1.165) is 70.6 Å². The minimum absolute atomic E-state index is 0.0932. The first-order valence-electron chi connectivity index (χ1n) is 26.8. The first-order valence-corrected chi connectivity index (χ1v) is 26.8. The van der Waals surface area contributed by atoms with Crippen LogP contribution in [0.2, 0.25) is 0 Å². The van der Waals surface area contributed by atoms with Crippen molar-refractivity contribution >= 4 is 17.9 Å². The average Bonchev–Trinajstić information content (AvgIpc) is 3.28. The van der Waals surface area contributed by atoms with Crippen LogP contribution in [0, 0.1) is 0 Å². The average molecular weight is 881 g/mol. The van der Waals surface area contributed by atoms with Crippen molar-refractivity contribution in [2.45, 2.75) is 271 Å². The minimum Gasteiger partial charge on any atom is -0.462 e. The molecule has 1 atom stereocenters. The normalized spacial score (nSPS) is 12.5. The Hall–Kier alpha value is -2.89. The van der Waals surface area contributed by atoms with Gasteiger partial charge in [0.2, 0.25) is 0 Å². The van der Waals surface area contributed by atoms with E-state index >= 15 is 0 Å². The molecule has 6 heteroatoms. The van der Waals surface area contributed by atoms with E-state index in [0.29, 0.717) is 19.3 Å². The Morgan fingerprint density at radius 3 is 0.968 bits per heavy atom. The second-order valence-corrected chi connectivity index (χ2v) is 17.8. The van der Waals surface area contributed by atoms with Gasteiger partial charge in [0, 0.05) is 19.3 Å². The molecule has 0 aromatic rings. The molecule has 0 saturated heterocycles. The molecule has 0 aromatic heterocycles. The van der Waals surface area contributed by atoms with Gasteiger partial charge < -0.3 is 14.2 Å². The molecule has 0 N–H and O–H groups in total. The highest BCUT2D eigenvalue weighted by Crippen LogP contribution is 2.16. The van der Waals surface area contributed by atoms with Gasteiger partial charge in [-0.25, -0.2) is 0 Å². The van der Waals surface area contributed by atoms with Gasteiger partial charge in [-0.15, -0.1) is 0 Å². The Morgan fingerprint density at radius 2 is 0.619 bits per heavy atom. The monoisotopic (exact) mass is 881 g/mol. The molecule has 0 fully saturated rings. The maximum atomic E-state index is 12.8.